The highest BCUT2D eigenvalue weighted by Crippen LogP contribution is 2.34. The van der Waals surface area contributed by atoms with Crippen LogP contribution in [-0.2, 0) is 23.1 Å². The second-order valence-corrected chi connectivity index (χ2v) is 10.3. The summed E-state index contributed by atoms with van der Waals surface area (Å²) in [6.07, 6.45) is -1.40. The van der Waals surface area contributed by atoms with Crippen molar-refractivity contribution in [2.45, 2.75) is 18.0 Å². The summed E-state index contributed by atoms with van der Waals surface area (Å²) in [5.41, 5.74) is 1.79. The van der Waals surface area contributed by atoms with Crippen molar-refractivity contribution in [3.63, 3.8) is 0 Å². The zero-order valence-electron chi connectivity index (χ0n) is 18.1. The van der Waals surface area contributed by atoms with Gasteiger partial charge in [-0.05, 0) is 41.5 Å². The van der Waals surface area contributed by atoms with Gasteiger partial charge in [0.15, 0.2) is 15.7 Å². The first-order chi connectivity index (χ1) is 16.0. The van der Waals surface area contributed by atoms with Crippen LogP contribution in [-0.4, -0.2) is 28.7 Å². The minimum Gasteiger partial charge on any atom is -0.326 e. The monoisotopic (exact) mass is 505 g/mol. The lowest BCUT2D eigenvalue weighted by atomic mass is 10.1. The van der Waals surface area contributed by atoms with E-state index in [2.05, 4.69) is 9.97 Å². The molecule has 0 fully saturated rings. The lowest BCUT2D eigenvalue weighted by Gasteiger charge is -2.12. The van der Waals surface area contributed by atoms with Gasteiger partial charge in [-0.3, -0.25) is 4.98 Å². The Morgan fingerprint density at radius 2 is 1.53 bits per heavy atom. The number of hydrogen-bond donors (Lipinski definition) is 0. The van der Waals surface area contributed by atoms with Gasteiger partial charge in [-0.15, -0.1) is 0 Å². The number of nitrogens with zero attached hydrogens (tertiary/aromatic N) is 3. The minimum atomic E-state index is -4.44. The fourth-order valence-corrected chi connectivity index (χ4v) is 4.72. The first kappa shape index (κ1) is 24.0. The lowest BCUT2D eigenvalue weighted by molar-refractivity contribution is -0.137. The molecule has 10 heteroatoms. The first-order valence-electron chi connectivity index (χ1n) is 10.2. The number of hydrogen-bond acceptors (Lipinski definition) is 4. The summed E-state index contributed by atoms with van der Waals surface area (Å²) < 4.78 is 66.2. The third kappa shape index (κ3) is 4.58. The molecule has 2 aromatic carbocycles. The van der Waals surface area contributed by atoms with Gasteiger partial charge < -0.3 is 4.57 Å². The van der Waals surface area contributed by atoms with E-state index in [1.54, 1.807) is 55.1 Å². The Morgan fingerprint density at radius 1 is 0.912 bits per heavy atom. The summed E-state index contributed by atoms with van der Waals surface area (Å²) in [7, 11) is -2.02. The van der Waals surface area contributed by atoms with E-state index in [1.165, 1.54) is 18.3 Å². The predicted molar refractivity (Wildman–Crippen MR) is 125 cm³/mol. The summed E-state index contributed by atoms with van der Waals surface area (Å²) >= 11 is 5.95. The van der Waals surface area contributed by atoms with Crippen molar-refractivity contribution in [3.05, 3.63) is 77.6 Å². The number of benzene rings is 2. The molecule has 4 rings (SSSR count). The number of rotatable bonds is 5. The standard InChI is InChI=1S/C24H19ClF3N3O2S/c1-3-34(32,33)21-12-17(15-6-10-19(25)11-7-15)13-29-22(21)23-30-14-20(31(23)2)16-4-8-18(9-5-16)24(26,27)28/h4-14H,3H2,1-2H3. The average molecular weight is 506 g/mol. The van der Waals surface area contributed by atoms with Crippen LogP contribution in [0.15, 0.2) is 71.9 Å². The number of halogens is 4. The molecule has 0 aliphatic carbocycles. The molecule has 2 heterocycles. The zero-order chi connectivity index (χ0) is 24.7. The Bertz CT molecular complexity index is 1450. The molecule has 0 atom stereocenters. The van der Waals surface area contributed by atoms with Gasteiger partial charge in [-0.2, -0.15) is 13.2 Å². The Balaban J connectivity index is 1.82. The molecule has 176 valence electrons. The van der Waals surface area contributed by atoms with Crippen LogP contribution in [0.25, 0.3) is 33.9 Å². The van der Waals surface area contributed by atoms with Crippen molar-refractivity contribution >= 4 is 21.4 Å². The SMILES string of the molecule is CCS(=O)(=O)c1cc(-c2ccc(Cl)cc2)cnc1-c1ncc(-c2ccc(C(F)(F)F)cc2)n1C. The van der Waals surface area contributed by atoms with Crippen LogP contribution in [0.2, 0.25) is 5.02 Å². The van der Waals surface area contributed by atoms with Crippen LogP contribution >= 0.6 is 11.6 Å². The number of imidazole rings is 1. The third-order valence-corrected chi connectivity index (χ3v) is 7.45. The first-order valence-corrected chi connectivity index (χ1v) is 12.2. The van der Waals surface area contributed by atoms with Crippen LogP contribution in [0.4, 0.5) is 13.2 Å². The van der Waals surface area contributed by atoms with Crippen LogP contribution in [0.3, 0.4) is 0 Å². The Hall–Kier alpha value is -3.17. The number of pyridine rings is 1. The molecular weight excluding hydrogens is 487 g/mol. The second kappa shape index (κ2) is 8.88. The van der Waals surface area contributed by atoms with E-state index < -0.39 is 21.6 Å². The summed E-state index contributed by atoms with van der Waals surface area (Å²) in [5, 5.41) is 0.554. The minimum absolute atomic E-state index is 0.0233. The smallest absolute Gasteiger partial charge is 0.326 e. The zero-order valence-corrected chi connectivity index (χ0v) is 19.7. The van der Waals surface area contributed by atoms with Crippen LogP contribution in [0, 0.1) is 0 Å². The van der Waals surface area contributed by atoms with Crippen molar-refractivity contribution in [1.29, 1.82) is 0 Å². The molecule has 4 aromatic rings. The molecular formula is C24H19ClF3N3O2S. The lowest BCUT2D eigenvalue weighted by Crippen LogP contribution is -2.09. The van der Waals surface area contributed by atoms with Gasteiger partial charge in [0.25, 0.3) is 0 Å². The molecule has 0 radical (unpaired) electrons. The van der Waals surface area contributed by atoms with E-state index in [1.807, 2.05) is 0 Å². The van der Waals surface area contributed by atoms with E-state index in [0.29, 0.717) is 21.8 Å². The maximum absolute atomic E-state index is 12.9. The van der Waals surface area contributed by atoms with Gasteiger partial charge >= 0.3 is 6.18 Å². The summed E-state index contributed by atoms with van der Waals surface area (Å²) in [6, 6.07) is 13.2. The van der Waals surface area contributed by atoms with E-state index in [0.717, 1.165) is 17.7 Å². The molecule has 0 unspecified atom stereocenters. The molecule has 5 nitrogen and oxygen atoms in total. The van der Waals surface area contributed by atoms with Gasteiger partial charge in [0.2, 0.25) is 0 Å². The highest BCUT2D eigenvalue weighted by atomic mass is 35.5. The fourth-order valence-electron chi connectivity index (χ4n) is 3.53. The summed E-state index contributed by atoms with van der Waals surface area (Å²) in [4.78, 5) is 8.81. The molecule has 2 aromatic heterocycles. The number of sulfone groups is 1. The maximum Gasteiger partial charge on any atom is 0.416 e. The molecule has 0 saturated heterocycles. The van der Waals surface area contributed by atoms with E-state index >= 15 is 0 Å². The van der Waals surface area contributed by atoms with Crippen LogP contribution in [0.1, 0.15) is 12.5 Å². The molecule has 0 N–H and O–H groups in total. The van der Waals surface area contributed by atoms with Crippen molar-refractivity contribution in [1.82, 2.24) is 14.5 Å². The summed E-state index contributed by atoms with van der Waals surface area (Å²) in [5.74, 6) is 0.145. The molecule has 0 amide bonds. The maximum atomic E-state index is 12.9. The third-order valence-electron chi connectivity index (χ3n) is 5.45. The Labute approximate surface area is 199 Å². The molecule has 34 heavy (non-hydrogen) atoms. The van der Waals surface area contributed by atoms with E-state index in [-0.39, 0.29) is 22.2 Å². The van der Waals surface area contributed by atoms with Crippen molar-refractivity contribution < 1.29 is 21.6 Å². The van der Waals surface area contributed by atoms with Gasteiger partial charge in [-0.25, -0.2) is 13.4 Å². The second-order valence-electron chi connectivity index (χ2n) is 7.58. The van der Waals surface area contributed by atoms with Crippen molar-refractivity contribution in [2.75, 3.05) is 5.75 Å². The molecule has 0 bridgehead atoms. The van der Waals surface area contributed by atoms with Crippen molar-refractivity contribution in [2.24, 2.45) is 7.05 Å². The molecule has 0 saturated carbocycles. The largest absolute Gasteiger partial charge is 0.416 e. The quantitative estimate of drug-likeness (QED) is 0.320. The van der Waals surface area contributed by atoms with E-state index in [4.69, 9.17) is 11.6 Å². The Morgan fingerprint density at radius 3 is 2.12 bits per heavy atom. The van der Waals surface area contributed by atoms with Crippen molar-refractivity contribution in [3.8, 4) is 33.9 Å². The normalized spacial score (nSPS) is 12.2. The van der Waals surface area contributed by atoms with Gasteiger partial charge in [0.05, 0.1) is 28.1 Å². The average Bonchev–Trinajstić information content (AvgIpc) is 3.19. The van der Waals surface area contributed by atoms with Crippen LogP contribution in [0.5, 0.6) is 0 Å². The summed E-state index contributed by atoms with van der Waals surface area (Å²) in [6.45, 7) is 1.54. The highest BCUT2D eigenvalue weighted by Gasteiger charge is 2.30. The van der Waals surface area contributed by atoms with Gasteiger partial charge in [-0.1, -0.05) is 42.8 Å². The van der Waals surface area contributed by atoms with E-state index in [9.17, 15) is 21.6 Å². The van der Waals surface area contributed by atoms with Crippen LogP contribution < -0.4 is 0 Å². The molecule has 0 aliphatic rings. The topological polar surface area (TPSA) is 64.8 Å². The van der Waals surface area contributed by atoms with Gasteiger partial charge in [0, 0.05) is 23.8 Å². The van der Waals surface area contributed by atoms with Gasteiger partial charge in [0.1, 0.15) is 5.69 Å². The molecule has 0 spiro atoms. The number of alkyl halides is 3. The highest BCUT2D eigenvalue weighted by molar-refractivity contribution is 7.91. The predicted octanol–water partition coefficient (Wildman–Crippen LogP) is 6.28. The Kier molecular flexibility index (Phi) is 6.26. The number of aromatic nitrogens is 3. The molecule has 0 aliphatic heterocycles. The fraction of sp³-hybridized carbons (Fsp3) is 0.167.